The lowest BCUT2D eigenvalue weighted by atomic mass is 9.96. The maximum atomic E-state index is 13.2. The van der Waals surface area contributed by atoms with E-state index in [1.165, 1.54) is 22.6 Å². The van der Waals surface area contributed by atoms with Crippen molar-refractivity contribution in [3.8, 4) is 0 Å². The molecule has 138 valence electrons. The van der Waals surface area contributed by atoms with Crippen LogP contribution in [0.4, 0.5) is 4.39 Å². The van der Waals surface area contributed by atoms with E-state index in [1.807, 2.05) is 0 Å². The summed E-state index contributed by atoms with van der Waals surface area (Å²) in [5.74, 6) is -0.0862. The van der Waals surface area contributed by atoms with Gasteiger partial charge in [-0.25, -0.2) is 4.39 Å². The van der Waals surface area contributed by atoms with Gasteiger partial charge in [0.15, 0.2) is 0 Å². The number of carbonyl (C=O) groups excluding carboxylic acids is 1. The zero-order valence-electron chi connectivity index (χ0n) is 15.1. The van der Waals surface area contributed by atoms with Crippen molar-refractivity contribution in [1.82, 2.24) is 10.2 Å². The number of carbonyl (C=O) groups is 1. The minimum atomic E-state index is -0.378. The number of thioether (sulfide) groups is 1. The van der Waals surface area contributed by atoms with Crippen molar-refractivity contribution in [3.05, 3.63) is 65.5 Å². The monoisotopic (exact) mass is 372 g/mol. The summed E-state index contributed by atoms with van der Waals surface area (Å²) in [5.41, 5.74) is 1.77. The molecule has 1 fully saturated rings. The highest BCUT2D eigenvalue weighted by atomic mass is 32.2. The lowest BCUT2D eigenvalue weighted by Gasteiger charge is -2.32. The average Bonchev–Trinajstić information content (AvgIpc) is 2.67. The molecular weight excluding hydrogens is 347 g/mol. The van der Waals surface area contributed by atoms with Gasteiger partial charge in [-0.15, -0.1) is 11.8 Å². The van der Waals surface area contributed by atoms with Gasteiger partial charge in [-0.1, -0.05) is 24.3 Å². The van der Waals surface area contributed by atoms with Crippen molar-refractivity contribution in [2.45, 2.75) is 24.3 Å². The summed E-state index contributed by atoms with van der Waals surface area (Å²) in [6.07, 6.45) is 4.27. The molecule has 3 nitrogen and oxygen atoms in total. The van der Waals surface area contributed by atoms with Gasteiger partial charge in [0.05, 0.1) is 0 Å². The van der Waals surface area contributed by atoms with Gasteiger partial charge in [0.25, 0.3) is 5.91 Å². The first-order valence-electron chi connectivity index (χ1n) is 9.03. The second-order valence-corrected chi connectivity index (χ2v) is 7.60. The average molecular weight is 373 g/mol. The fourth-order valence-electron chi connectivity index (χ4n) is 3.39. The van der Waals surface area contributed by atoms with Crippen LogP contribution in [0.25, 0.3) is 0 Å². The maximum absolute atomic E-state index is 13.2. The number of nitrogens with zero attached hydrogens (tertiary/aromatic N) is 1. The lowest BCUT2D eigenvalue weighted by Crippen LogP contribution is -2.38. The van der Waals surface area contributed by atoms with E-state index in [1.54, 1.807) is 23.9 Å². The van der Waals surface area contributed by atoms with E-state index in [2.05, 4.69) is 40.7 Å². The largest absolute Gasteiger partial charge is 0.352 e. The van der Waals surface area contributed by atoms with Gasteiger partial charge in [-0.05, 0) is 67.9 Å². The predicted molar refractivity (Wildman–Crippen MR) is 105 cm³/mol. The fraction of sp³-hybridized carbons (Fsp3) is 0.381. The van der Waals surface area contributed by atoms with Gasteiger partial charge in [0.1, 0.15) is 5.82 Å². The molecule has 0 saturated carbocycles. The zero-order valence-corrected chi connectivity index (χ0v) is 15.9. The molecule has 1 heterocycles. The second-order valence-electron chi connectivity index (χ2n) is 6.75. The van der Waals surface area contributed by atoms with Gasteiger partial charge in [0.2, 0.25) is 0 Å². The zero-order chi connectivity index (χ0) is 18.4. The van der Waals surface area contributed by atoms with Crippen molar-refractivity contribution < 1.29 is 9.18 Å². The van der Waals surface area contributed by atoms with Crippen LogP contribution in [0.1, 0.15) is 28.8 Å². The Morgan fingerprint density at radius 2 is 1.96 bits per heavy atom. The third-order valence-corrected chi connectivity index (χ3v) is 5.77. The fourth-order valence-corrected chi connectivity index (χ4v) is 4.00. The van der Waals surface area contributed by atoms with Gasteiger partial charge in [-0.2, -0.15) is 0 Å². The van der Waals surface area contributed by atoms with Crippen LogP contribution in [0.5, 0.6) is 0 Å². The number of halogens is 1. The first-order valence-corrected chi connectivity index (χ1v) is 10.3. The molecule has 0 bridgehead atoms. The SMILES string of the molecule is CSc1ccccc1CN1CCC(CNC(=O)c2cccc(F)c2)CC1. The number of piperidine rings is 1. The summed E-state index contributed by atoms with van der Waals surface area (Å²) in [6.45, 7) is 3.73. The number of nitrogens with one attached hydrogen (secondary N) is 1. The molecule has 0 spiro atoms. The Kier molecular flexibility index (Phi) is 6.69. The van der Waals surface area contributed by atoms with Crippen LogP contribution in [0.15, 0.2) is 53.4 Å². The second kappa shape index (κ2) is 9.19. The van der Waals surface area contributed by atoms with Crippen LogP contribution in [-0.4, -0.2) is 36.7 Å². The molecule has 3 rings (SSSR count). The minimum absolute atomic E-state index is 0.194. The highest BCUT2D eigenvalue weighted by Gasteiger charge is 2.20. The standard InChI is InChI=1S/C21H25FN2OS/c1-26-20-8-3-2-5-18(20)15-24-11-9-16(10-12-24)14-23-21(25)17-6-4-7-19(22)13-17/h2-8,13,16H,9-12,14-15H2,1H3,(H,23,25). The van der Waals surface area contributed by atoms with Gasteiger partial charge in [-0.3, -0.25) is 9.69 Å². The Morgan fingerprint density at radius 1 is 1.19 bits per heavy atom. The highest BCUT2D eigenvalue weighted by Crippen LogP contribution is 2.24. The van der Waals surface area contributed by atoms with Crippen molar-refractivity contribution in [2.75, 3.05) is 25.9 Å². The molecule has 1 aliphatic heterocycles. The Labute approximate surface area is 159 Å². The molecule has 1 aliphatic rings. The Morgan fingerprint density at radius 3 is 2.69 bits per heavy atom. The molecule has 26 heavy (non-hydrogen) atoms. The number of rotatable bonds is 6. The van der Waals surface area contributed by atoms with Gasteiger partial charge in [0, 0.05) is 23.5 Å². The molecule has 0 aromatic heterocycles. The van der Waals surface area contributed by atoms with E-state index in [-0.39, 0.29) is 11.7 Å². The topological polar surface area (TPSA) is 32.3 Å². The summed E-state index contributed by atoms with van der Waals surface area (Å²) in [5, 5.41) is 2.95. The smallest absolute Gasteiger partial charge is 0.251 e. The van der Waals surface area contributed by atoms with Crippen LogP contribution in [-0.2, 0) is 6.54 Å². The van der Waals surface area contributed by atoms with Crippen LogP contribution in [0.2, 0.25) is 0 Å². The third-order valence-electron chi connectivity index (χ3n) is 4.93. The van der Waals surface area contributed by atoms with Gasteiger partial charge < -0.3 is 5.32 Å². The summed E-state index contributed by atoms with van der Waals surface area (Å²) >= 11 is 1.79. The first kappa shape index (κ1) is 18.9. The van der Waals surface area contributed by atoms with E-state index in [4.69, 9.17) is 0 Å². The highest BCUT2D eigenvalue weighted by molar-refractivity contribution is 7.98. The molecule has 2 aromatic rings. The summed E-state index contributed by atoms with van der Waals surface area (Å²) < 4.78 is 13.2. The van der Waals surface area contributed by atoms with E-state index in [9.17, 15) is 9.18 Å². The third kappa shape index (κ3) is 5.08. The van der Waals surface area contributed by atoms with Crippen LogP contribution >= 0.6 is 11.8 Å². The van der Waals surface area contributed by atoms with Crippen molar-refractivity contribution in [1.29, 1.82) is 0 Å². The number of amides is 1. The van der Waals surface area contributed by atoms with E-state index < -0.39 is 0 Å². The number of hydrogen-bond acceptors (Lipinski definition) is 3. The molecule has 1 saturated heterocycles. The Bertz CT molecular complexity index is 744. The lowest BCUT2D eigenvalue weighted by molar-refractivity contribution is 0.0934. The van der Waals surface area contributed by atoms with E-state index in [0.717, 1.165) is 32.5 Å². The molecule has 2 aromatic carbocycles. The molecule has 0 aliphatic carbocycles. The molecular formula is C21H25FN2OS. The molecule has 1 amide bonds. The van der Waals surface area contributed by atoms with Crippen molar-refractivity contribution in [3.63, 3.8) is 0 Å². The number of hydrogen-bond donors (Lipinski definition) is 1. The molecule has 0 radical (unpaired) electrons. The first-order chi connectivity index (χ1) is 12.7. The normalized spacial score (nSPS) is 15.8. The van der Waals surface area contributed by atoms with E-state index >= 15 is 0 Å². The summed E-state index contributed by atoms with van der Waals surface area (Å²) in [7, 11) is 0. The van der Waals surface area contributed by atoms with Crippen LogP contribution < -0.4 is 5.32 Å². The van der Waals surface area contributed by atoms with E-state index in [0.29, 0.717) is 18.0 Å². The van der Waals surface area contributed by atoms with Gasteiger partial charge >= 0.3 is 0 Å². The molecule has 1 N–H and O–H groups in total. The molecule has 5 heteroatoms. The Hall–Kier alpha value is -1.85. The van der Waals surface area contributed by atoms with Crippen LogP contribution in [0, 0.1) is 11.7 Å². The van der Waals surface area contributed by atoms with Crippen molar-refractivity contribution in [2.24, 2.45) is 5.92 Å². The predicted octanol–water partition coefficient (Wildman–Crippen LogP) is 4.19. The molecule has 0 atom stereocenters. The number of benzene rings is 2. The van der Waals surface area contributed by atoms with Crippen LogP contribution in [0.3, 0.4) is 0 Å². The molecule has 0 unspecified atom stereocenters. The summed E-state index contributed by atoms with van der Waals surface area (Å²) in [6, 6.07) is 14.4. The Balaban J connectivity index is 1.44. The quantitative estimate of drug-likeness (QED) is 0.772. The van der Waals surface area contributed by atoms with Crippen molar-refractivity contribution >= 4 is 17.7 Å². The maximum Gasteiger partial charge on any atom is 0.251 e. The summed E-state index contributed by atoms with van der Waals surface area (Å²) in [4.78, 5) is 16.0. The number of likely N-dealkylation sites (tertiary alicyclic amines) is 1. The minimum Gasteiger partial charge on any atom is -0.352 e.